The number of carbonyl (C=O) groups is 2. The minimum absolute atomic E-state index is 0.136. The van der Waals surface area contributed by atoms with Crippen molar-refractivity contribution in [3.8, 4) is 0 Å². The lowest BCUT2D eigenvalue weighted by molar-refractivity contribution is 0.0710. The van der Waals surface area contributed by atoms with E-state index in [1.54, 1.807) is 17.4 Å². The molecule has 0 spiro atoms. The summed E-state index contributed by atoms with van der Waals surface area (Å²) in [4.78, 5) is 28.5. The zero-order chi connectivity index (χ0) is 18.3. The van der Waals surface area contributed by atoms with Gasteiger partial charge in [-0.25, -0.2) is 0 Å². The van der Waals surface area contributed by atoms with Crippen LogP contribution in [0.25, 0.3) is 0 Å². The van der Waals surface area contributed by atoms with Crippen LogP contribution in [0.1, 0.15) is 68.4 Å². The maximum atomic E-state index is 13.0. The molecule has 1 saturated heterocycles. The molecule has 0 aromatic carbocycles. The van der Waals surface area contributed by atoms with E-state index in [9.17, 15) is 9.59 Å². The van der Waals surface area contributed by atoms with Crippen LogP contribution in [-0.4, -0.2) is 40.0 Å². The summed E-state index contributed by atoms with van der Waals surface area (Å²) < 4.78 is 0. The molecule has 0 unspecified atom stereocenters. The molecule has 3 heterocycles. The predicted octanol–water partition coefficient (Wildman–Crippen LogP) is 2.71. The summed E-state index contributed by atoms with van der Waals surface area (Å²) in [7, 11) is 0. The summed E-state index contributed by atoms with van der Waals surface area (Å²) in [5, 5.41) is 6.88. The monoisotopic (exact) mass is 372 g/mol. The molecule has 2 aliphatic rings. The van der Waals surface area contributed by atoms with Crippen LogP contribution in [0.4, 0.5) is 0 Å². The van der Waals surface area contributed by atoms with E-state index in [1.165, 1.54) is 16.9 Å². The lowest BCUT2D eigenvalue weighted by Gasteiger charge is -2.32. The molecule has 2 aromatic heterocycles. The highest BCUT2D eigenvalue weighted by atomic mass is 32.1. The minimum atomic E-state index is -0.533. The highest BCUT2D eigenvalue weighted by Gasteiger charge is 2.29. The first-order valence-electron chi connectivity index (χ1n) is 9.27. The van der Waals surface area contributed by atoms with Gasteiger partial charge in [-0.2, -0.15) is 5.10 Å². The maximum absolute atomic E-state index is 13.0. The number of aromatic nitrogens is 2. The molecule has 7 heteroatoms. The van der Waals surface area contributed by atoms with Crippen molar-refractivity contribution < 1.29 is 9.59 Å². The summed E-state index contributed by atoms with van der Waals surface area (Å²) >= 11 is 1.67. The molecular weight excluding hydrogens is 348 g/mol. The number of nitrogens with one attached hydrogen (secondary N) is 1. The van der Waals surface area contributed by atoms with Crippen LogP contribution in [0.3, 0.4) is 0 Å². The third-order valence-corrected chi connectivity index (χ3v) is 6.76. The fraction of sp³-hybridized carbons (Fsp3) is 0.526. The van der Waals surface area contributed by atoms with Gasteiger partial charge in [-0.05, 0) is 55.7 Å². The van der Waals surface area contributed by atoms with Gasteiger partial charge >= 0.3 is 0 Å². The second-order valence-corrected chi connectivity index (χ2v) is 8.71. The van der Waals surface area contributed by atoms with Crippen LogP contribution in [0.15, 0.2) is 12.1 Å². The normalized spacial score (nSPS) is 22.9. The van der Waals surface area contributed by atoms with E-state index >= 15 is 0 Å². The molecule has 2 aromatic rings. The number of nitrogens with zero attached hydrogens (tertiary/aromatic N) is 2. The standard InChI is InChI=1S/C19H24N4O2S/c1-11-4-5-16-13(7-11)8-17(26-16)19(25)23-6-2-3-12(10-23)14-9-15(18(20)24)22-21-14/h8-9,11-12H,2-7,10H2,1H3,(H2,20,24)(H,21,22)/t11-,12+/m1/s1. The number of piperidine rings is 1. The van der Waals surface area contributed by atoms with E-state index in [-0.39, 0.29) is 17.5 Å². The fourth-order valence-electron chi connectivity index (χ4n) is 4.05. The van der Waals surface area contributed by atoms with Gasteiger partial charge in [-0.3, -0.25) is 14.7 Å². The molecule has 1 aliphatic carbocycles. The number of likely N-dealkylation sites (tertiary alicyclic amines) is 1. The van der Waals surface area contributed by atoms with E-state index < -0.39 is 5.91 Å². The van der Waals surface area contributed by atoms with Crippen molar-refractivity contribution in [1.29, 1.82) is 0 Å². The van der Waals surface area contributed by atoms with Crippen molar-refractivity contribution >= 4 is 23.2 Å². The van der Waals surface area contributed by atoms with Gasteiger partial charge in [-0.15, -0.1) is 11.3 Å². The van der Waals surface area contributed by atoms with Crippen LogP contribution >= 0.6 is 11.3 Å². The van der Waals surface area contributed by atoms with Crippen LogP contribution < -0.4 is 5.73 Å². The SMILES string of the molecule is C[C@@H]1CCc2sc(C(=O)N3CCC[C@H](c4cc(C(N)=O)n[nH]4)C3)cc2C1. The second kappa shape index (κ2) is 6.87. The first kappa shape index (κ1) is 17.3. The molecule has 0 saturated carbocycles. The Hall–Kier alpha value is -2.15. The number of primary amides is 1. The van der Waals surface area contributed by atoms with Crippen molar-refractivity contribution in [2.24, 2.45) is 11.7 Å². The van der Waals surface area contributed by atoms with Crippen LogP contribution in [-0.2, 0) is 12.8 Å². The Morgan fingerprint density at radius 3 is 2.96 bits per heavy atom. The topological polar surface area (TPSA) is 92.1 Å². The van der Waals surface area contributed by atoms with Gasteiger partial charge in [0.15, 0.2) is 0 Å². The Balaban J connectivity index is 1.48. The third kappa shape index (κ3) is 3.28. The van der Waals surface area contributed by atoms with Gasteiger partial charge in [0.2, 0.25) is 0 Å². The molecule has 1 aliphatic heterocycles. The number of amides is 2. The summed E-state index contributed by atoms with van der Waals surface area (Å²) in [5.74, 6) is 0.480. The number of nitrogens with two attached hydrogens (primary N) is 1. The largest absolute Gasteiger partial charge is 0.364 e. The van der Waals surface area contributed by atoms with E-state index in [0.29, 0.717) is 12.5 Å². The quantitative estimate of drug-likeness (QED) is 0.868. The van der Waals surface area contributed by atoms with E-state index in [0.717, 1.165) is 42.8 Å². The average Bonchev–Trinajstić information content (AvgIpc) is 3.28. The number of fused-ring (bicyclic) bond motifs is 1. The Morgan fingerprint density at radius 2 is 2.19 bits per heavy atom. The number of carbonyl (C=O) groups excluding carboxylic acids is 2. The summed E-state index contributed by atoms with van der Waals surface area (Å²) in [5.41, 5.74) is 7.79. The number of rotatable bonds is 3. The van der Waals surface area contributed by atoms with Gasteiger partial charge in [0.05, 0.1) is 4.88 Å². The smallest absolute Gasteiger partial charge is 0.269 e. The Morgan fingerprint density at radius 1 is 1.35 bits per heavy atom. The lowest BCUT2D eigenvalue weighted by Crippen LogP contribution is -2.38. The van der Waals surface area contributed by atoms with Crippen molar-refractivity contribution in [3.05, 3.63) is 38.8 Å². The average molecular weight is 372 g/mol. The summed E-state index contributed by atoms with van der Waals surface area (Å²) in [6.45, 7) is 3.71. The molecule has 0 radical (unpaired) electrons. The number of H-pyrrole nitrogens is 1. The molecule has 2 atom stereocenters. The minimum Gasteiger partial charge on any atom is -0.364 e. The molecule has 0 bridgehead atoms. The third-order valence-electron chi connectivity index (χ3n) is 5.54. The van der Waals surface area contributed by atoms with E-state index in [1.807, 2.05) is 4.90 Å². The van der Waals surface area contributed by atoms with Crippen molar-refractivity contribution in [2.75, 3.05) is 13.1 Å². The summed E-state index contributed by atoms with van der Waals surface area (Å²) in [6, 6.07) is 3.83. The van der Waals surface area contributed by atoms with Crippen molar-refractivity contribution in [2.45, 2.75) is 44.9 Å². The van der Waals surface area contributed by atoms with Gasteiger partial charge in [0.1, 0.15) is 5.69 Å². The highest BCUT2D eigenvalue weighted by Crippen LogP contribution is 2.34. The van der Waals surface area contributed by atoms with Crippen molar-refractivity contribution in [1.82, 2.24) is 15.1 Å². The molecule has 26 heavy (non-hydrogen) atoms. The molecule has 4 rings (SSSR count). The number of hydrogen-bond acceptors (Lipinski definition) is 4. The molecule has 3 N–H and O–H groups in total. The van der Waals surface area contributed by atoms with Gasteiger partial charge in [-0.1, -0.05) is 6.92 Å². The van der Waals surface area contributed by atoms with Gasteiger partial charge < -0.3 is 10.6 Å². The molecule has 138 valence electrons. The van der Waals surface area contributed by atoms with Crippen LogP contribution in [0.5, 0.6) is 0 Å². The first-order valence-corrected chi connectivity index (χ1v) is 10.1. The van der Waals surface area contributed by atoms with Gasteiger partial charge in [0.25, 0.3) is 11.8 Å². The Bertz CT molecular complexity index is 840. The zero-order valence-electron chi connectivity index (χ0n) is 15.0. The predicted molar refractivity (Wildman–Crippen MR) is 100 cm³/mol. The van der Waals surface area contributed by atoms with Crippen LogP contribution in [0, 0.1) is 5.92 Å². The van der Waals surface area contributed by atoms with Gasteiger partial charge in [0, 0.05) is 29.6 Å². The molecule has 1 fully saturated rings. The number of aromatic amines is 1. The second-order valence-electron chi connectivity index (χ2n) is 7.57. The van der Waals surface area contributed by atoms with E-state index in [2.05, 4.69) is 23.2 Å². The Kier molecular flexibility index (Phi) is 4.56. The molecular formula is C19H24N4O2S. The number of hydrogen-bond donors (Lipinski definition) is 2. The maximum Gasteiger partial charge on any atom is 0.269 e. The zero-order valence-corrected chi connectivity index (χ0v) is 15.8. The number of aryl methyl sites for hydroxylation is 1. The molecule has 6 nitrogen and oxygen atoms in total. The Labute approximate surface area is 156 Å². The fourth-order valence-corrected chi connectivity index (χ4v) is 5.23. The first-order chi connectivity index (χ1) is 12.5. The number of thiophene rings is 1. The van der Waals surface area contributed by atoms with Crippen molar-refractivity contribution in [3.63, 3.8) is 0 Å². The van der Waals surface area contributed by atoms with E-state index in [4.69, 9.17) is 5.73 Å². The summed E-state index contributed by atoms with van der Waals surface area (Å²) in [6.07, 6.45) is 5.33. The highest BCUT2D eigenvalue weighted by molar-refractivity contribution is 7.14. The molecule has 2 amide bonds. The lowest BCUT2D eigenvalue weighted by atomic mass is 9.90. The van der Waals surface area contributed by atoms with Crippen LogP contribution in [0.2, 0.25) is 0 Å².